The van der Waals surface area contributed by atoms with E-state index in [4.69, 9.17) is 32.9 Å². The van der Waals surface area contributed by atoms with Crippen LogP contribution in [0.4, 0.5) is 5.69 Å². The number of aromatic nitrogens is 1. The highest BCUT2D eigenvalue weighted by molar-refractivity contribution is 6.31. The van der Waals surface area contributed by atoms with Crippen molar-refractivity contribution >= 4 is 45.7 Å². The van der Waals surface area contributed by atoms with Crippen LogP contribution in [0.25, 0.3) is 22.2 Å². The quantitative estimate of drug-likeness (QED) is 0.409. The minimum atomic E-state index is -0.278. The summed E-state index contributed by atoms with van der Waals surface area (Å²) in [5.74, 6) is 0.249. The standard InChI is InChI=1S/C23H16Cl2N2O2/c1-29-22-11-10-16(25)12-21(22)27-23(28)18-13-20(14-6-8-15(24)9-7-14)26-19-5-3-2-4-17(18)19/h2-13H,1H3,(H,27,28). The molecule has 0 saturated heterocycles. The molecule has 1 heterocycles. The third-order valence-electron chi connectivity index (χ3n) is 4.51. The van der Waals surface area contributed by atoms with Crippen LogP contribution < -0.4 is 10.1 Å². The van der Waals surface area contributed by atoms with Crippen molar-refractivity contribution in [3.05, 3.63) is 88.4 Å². The molecule has 4 aromatic rings. The minimum Gasteiger partial charge on any atom is -0.495 e. The van der Waals surface area contributed by atoms with Crippen molar-refractivity contribution in [1.29, 1.82) is 0 Å². The number of carbonyl (C=O) groups is 1. The lowest BCUT2D eigenvalue weighted by atomic mass is 10.0. The second-order valence-corrected chi connectivity index (χ2v) is 7.25. The van der Waals surface area contributed by atoms with Gasteiger partial charge in [-0.25, -0.2) is 4.98 Å². The number of nitrogens with zero attached hydrogens (tertiary/aromatic N) is 1. The lowest BCUT2D eigenvalue weighted by molar-refractivity contribution is 0.102. The molecule has 1 aromatic heterocycles. The maximum Gasteiger partial charge on any atom is 0.256 e. The molecule has 144 valence electrons. The first-order valence-corrected chi connectivity index (χ1v) is 9.61. The fourth-order valence-corrected chi connectivity index (χ4v) is 3.40. The molecule has 0 aliphatic carbocycles. The third kappa shape index (κ3) is 4.04. The van der Waals surface area contributed by atoms with Crippen molar-refractivity contribution in [3.8, 4) is 17.0 Å². The van der Waals surface area contributed by atoms with Gasteiger partial charge in [0.1, 0.15) is 5.75 Å². The molecule has 29 heavy (non-hydrogen) atoms. The maximum atomic E-state index is 13.2. The fourth-order valence-electron chi connectivity index (χ4n) is 3.10. The van der Waals surface area contributed by atoms with Crippen LogP contribution in [0.15, 0.2) is 72.8 Å². The number of anilines is 1. The van der Waals surface area contributed by atoms with E-state index in [1.54, 1.807) is 43.5 Å². The zero-order chi connectivity index (χ0) is 20.4. The van der Waals surface area contributed by atoms with E-state index in [0.29, 0.717) is 32.7 Å². The predicted molar refractivity (Wildman–Crippen MR) is 118 cm³/mol. The van der Waals surface area contributed by atoms with Crippen molar-refractivity contribution in [3.63, 3.8) is 0 Å². The Hall–Kier alpha value is -3.08. The molecule has 0 bridgehead atoms. The lowest BCUT2D eigenvalue weighted by Gasteiger charge is -2.13. The van der Waals surface area contributed by atoms with Crippen molar-refractivity contribution in [2.24, 2.45) is 0 Å². The number of hydrogen-bond donors (Lipinski definition) is 1. The minimum absolute atomic E-state index is 0.278. The van der Waals surface area contributed by atoms with Gasteiger partial charge >= 0.3 is 0 Å². The van der Waals surface area contributed by atoms with E-state index < -0.39 is 0 Å². The number of ether oxygens (including phenoxy) is 1. The lowest BCUT2D eigenvalue weighted by Crippen LogP contribution is -2.14. The molecule has 0 aliphatic heterocycles. The van der Waals surface area contributed by atoms with Crippen LogP contribution in [0.3, 0.4) is 0 Å². The Kier molecular flexibility index (Phi) is 5.38. The Morgan fingerprint density at radius 3 is 2.41 bits per heavy atom. The first kappa shape index (κ1) is 19.2. The van der Waals surface area contributed by atoms with Crippen LogP contribution in [0.1, 0.15) is 10.4 Å². The summed E-state index contributed by atoms with van der Waals surface area (Å²) in [6.07, 6.45) is 0. The number of amides is 1. The number of methoxy groups -OCH3 is 1. The van der Waals surface area contributed by atoms with Crippen LogP contribution in [0.2, 0.25) is 10.0 Å². The molecule has 0 spiro atoms. The number of carbonyl (C=O) groups excluding carboxylic acids is 1. The van der Waals surface area contributed by atoms with E-state index in [9.17, 15) is 4.79 Å². The van der Waals surface area contributed by atoms with Crippen molar-refractivity contribution in [2.75, 3.05) is 12.4 Å². The largest absolute Gasteiger partial charge is 0.495 e. The summed E-state index contributed by atoms with van der Waals surface area (Å²) in [7, 11) is 1.54. The average Bonchev–Trinajstić information content (AvgIpc) is 2.73. The molecule has 0 atom stereocenters. The SMILES string of the molecule is COc1ccc(Cl)cc1NC(=O)c1cc(-c2ccc(Cl)cc2)nc2ccccc12. The van der Waals surface area contributed by atoms with Gasteiger partial charge in [0, 0.05) is 21.0 Å². The smallest absolute Gasteiger partial charge is 0.256 e. The van der Waals surface area contributed by atoms with E-state index in [-0.39, 0.29) is 5.91 Å². The van der Waals surface area contributed by atoms with E-state index in [0.717, 1.165) is 16.5 Å². The number of rotatable bonds is 4. The number of para-hydroxylation sites is 1. The molecule has 0 fully saturated rings. The second-order valence-electron chi connectivity index (χ2n) is 6.38. The second kappa shape index (κ2) is 8.11. The summed E-state index contributed by atoms with van der Waals surface area (Å²) < 4.78 is 5.33. The zero-order valence-electron chi connectivity index (χ0n) is 15.4. The predicted octanol–water partition coefficient (Wildman–Crippen LogP) is 6.47. The molecule has 3 aromatic carbocycles. The number of fused-ring (bicyclic) bond motifs is 1. The Balaban J connectivity index is 1.81. The maximum absolute atomic E-state index is 13.2. The molecule has 0 radical (unpaired) electrons. The van der Waals surface area contributed by atoms with Crippen molar-refractivity contribution < 1.29 is 9.53 Å². The summed E-state index contributed by atoms with van der Waals surface area (Å²) in [5.41, 5.74) is 3.28. The van der Waals surface area contributed by atoms with Gasteiger partial charge < -0.3 is 10.1 Å². The summed E-state index contributed by atoms with van der Waals surface area (Å²) in [5, 5.41) is 4.80. The van der Waals surface area contributed by atoms with Gasteiger partial charge in [0.05, 0.1) is 29.6 Å². The highest BCUT2D eigenvalue weighted by atomic mass is 35.5. The number of hydrogen-bond acceptors (Lipinski definition) is 3. The molecule has 0 saturated carbocycles. The number of nitrogens with one attached hydrogen (secondary N) is 1. The highest BCUT2D eigenvalue weighted by Crippen LogP contribution is 2.30. The van der Waals surface area contributed by atoms with Gasteiger partial charge in [-0.3, -0.25) is 4.79 Å². The number of pyridine rings is 1. The molecule has 0 aliphatic rings. The molecule has 6 heteroatoms. The highest BCUT2D eigenvalue weighted by Gasteiger charge is 2.16. The average molecular weight is 423 g/mol. The molecule has 1 N–H and O–H groups in total. The normalized spacial score (nSPS) is 10.7. The number of halogens is 2. The van der Waals surface area contributed by atoms with E-state index in [1.165, 1.54) is 0 Å². The summed E-state index contributed by atoms with van der Waals surface area (Å²) in [6.45, 7) is 0. The van der Waals surface area contributed by atoms with Crippen LogP contribution in [-0.2, 0) is 0 Å². The van der Waals surface area contributed by atoms with Gasteiger partial charge in [-0.15, -0.1) is 0 Å². The van der Waals surface area contributed by atoms with Crippen LogP contribution in [0, 0.1) is 0 Å². The molecule has 1 amide bonds. The van der Waals surface area contributed by atoms with Gasteiger partial charge in [-0.2, -0.15) is 0 Å². The zero-order valence-corrected chi connectivity index (χ0v) is 17.0. The van der Waals surface area contributed by atoms with Gasteiger partial charge in [0.25, 0.3) is 5.91 Å². The van der Waals surface area contributed by atoms with Crippen LogP contribution >= 0.6 is 23.2 Å². The van der Waals surface area contributed by atoms with E-state index in [1.807, 2.05) is 36.4 Å². The fraction of sp³-hybridized carbons (Fsp3) is 0.0435. The van der Waals surface area contributed by atoms with Gasteiger partial charge in [-0.1, -0.05) is 53.5 Å². The third-order valence-corrected chi connectivity index (χ3v) is 5.00. The molecule has 4 nitrogen and oxygen atoms in total. The van der Waals surface area contributed by atoms with Gasteiger partial charge in [0.15, 0.2) is 0 Å². The molecule has 0 unspecified atom stereocenters. The molecular weight excluding hydrogens is 407 g/mol. The van der Waals surface area contributed by atoms with Gasteiger partial charge in [0.2, 0.25) is 0 Å². The Bertz CT molecular complexity index is 1210. The topological polar surface area (TPSA) is 51.2 Å². The first-order chi connectivity index (χ1) is 14.0. The van der Waals surface area contributed by atoms with E-state index >= 15 is 0 Å². The summed E-state index contributed by atoms with van der Waals surface area (Å²) in [6, 6.07) is 21.7. The Labute approximate surface area is 178 Å². The molecular formula is C23H16Cl2N2O2. The Morgan fingerprint density at radius 2 is 1.66 bits per heavy atom. The monoisotopic (exact) mass is 422 g/mol. The Morgan fingerprint density at radius 1 is 0.931 bits per heavy atom. The van der Waals surface area contributed by atoms with Crippen LogP contribution in [-0.4, -0.2) is 18.0 Å². The number of benzene rings is 3. The summed E-state index contributed by atoms with van der Waals surface area (Å²) >= 11 is 12.1. The van der Waals surface area contributed by atoms with Crippen LogP contribution in [0.5, 0.6) is 5.75 Å². The first-order valence-electron chi connectivity index (χ1n) is 8.86. The summed E-state index contributed by atoms with van der Waals surface area (Å²) in [4.78, 5) is 17.9. The molecule has 4 rings (SSSR count). The van der Waals surface area contributed by atoms with Crippen molar-refractivity contribution in [2.45, 2.75) is 0 Å². The van der Waals surface area contributed by atoms with Gasteiger partial charge in [-0.05, 0) is 42.5 Å². The van der Waals surface area contributed by atoms with E-state index in [2.05, 4.69) is 5.32 Å². The van der Waals surface area contributed by atoms with Crippen molar-refractivity contribution in [1.82, 2.24) is 4.98 Å².